The second kappa shape index (κ2) is 6.45. The van der Waals surface area contributed by atoms with Gasteiger partial charge in [0.2, 0.25) is 0 Å². The molecule has 0 fully saturated rings. The zero-order valence-electron chi connectivity index (χ0n) is 12.3. The molecule has 3 N–H and O–H groups in total. The second-order valence-corrected chi connectivity index (χ2v) is 5.57. The summed E-state index contributed by atoms with van der Waals surface area (Å²) in [4.78, 5) is 2.77. The van der Waals surface area contributed by atoms with Gasteiger partial charge >= 0.3 is 6.18 Å². The summed E-state index contributed by atoms with van der Waals surface area (Å²) in [6.07, 6.45) is -2.47. The van der Waals surface area contributed by atoms with Gasteiger partial charge in [-0.05, 0) is 31.0 Å². The molecular formula is C15H17F5N2O. The van der Waals surface area contributed by atoms with Crippen molar-refractivity contribution < 1.29 is 27.1 Å². The molecule has 3 nitrogen and oxygen atoms in total. The molecule has 0 bridgehead atoms. The Morgan fingerprint density at radius 2 is 1.91 bits per heavy atom. The zero-order chi connectivity index (χ0) is 17.3. The van der Waals surface area contributed by atoms with E-state index in [0.29, 0.717) is 17.3 Å². The number of H-pyrrole nitrogens is 1. The minimum atomic E-state index is -4.41. The molecule has 128 valence electrons. The first-order valence-corrected chi connectivity index (χ1v) is 7.02. The Hall–Kier alpha value is -1.67. The minimum Gasteiger partial charge on any atom is -0.390 e. The van der Waals surface area contributed by atoms with Crippen molar-refractivity contribution in [2.24, 2.45) is 0 Å². The van der Waals surface area contributed by atoms with Crippen LogP contribution in [0.1, 0.15) is 18.1 Å². The lowest BCUT2D eigenvalue weighted by Gasteiger charge is -2.18. The average Bonchev–Trinajstić information content (AvgIpc) is 2.87. The lowest BCUT2D eigenvalue weighted by Crippen LogP contribution is -2.40. The Labute approximate surface area is 129 Å². The van der Waals surface area contributed by atoms with Crippen LogP contribution in [0.3, 0.4) is 0 Å². The van der Waals surface area contributed by atoms with Gasteiger partial charge < -0.3 is 15.4 Å². The van der Waals surface area contributed by atoms with Gasteiger partial charge in [-0.25, -0.2) is 8.78 Å². The molecule has 23 heavy (non-hydrogen) atoms. The molecule has 0 saturated heterocycles. The molecule has 0 aliphatic carbocycles. The van der Waals surface area contributed by atoms with Crippen LogP contribution in [0.5, 0.6) is 0 Å². The van der Waals surface area contributed by atoms with Crippen molar-refractivity contribution >= 4 is 10.9 Å². The molecule has 1 atom stereocenters. The molecule has 1 heterocycles. The SMILES string of the molecule is C[C@H](Cc1c[nH]c2cc(C(F)(F)F)ccc12)NCC(F)(F)CO. The first kappa shape index (κ1) is 17.7. The van der Waals surface area contributed by atoms with Crippen molar-refractivity contribution in [1.29, 1.82) is 0 Å². The van der Waals surface area contributed by atoms with E-state index >= 15 is 0 Å². The fraction of sp³-hybridized carbons (Fsp3) is 0.467. The highest BCUT2D eigenvalue weighted by molar-refractivity contribution is 5.84. The van der Waals surface area contributed by atoms with Crippen molar-refractivity contribution in [3.05, 3.63) is 35.5 Å². The summed E-state index contributed by atoms with van der Waals surface area (Å²) in [7, 11) is 0. The standard InChI is InChI=1S/C15H17F5N2O/c1-9(22-7-14(16,17)8-23)4-10-6-21-13-5-11(15(18,19)20)2-3-12(10)13/h2-3,5-6,9,21-23H,4,7-8H2,1H3/t9-/m1/s1. The first-order valence-electron chi connectivity index (χ1n) is 7.02. The third-order valence-electron chi connectivity index (χ3n) is 3.56. The molecule has 0 unspecified atom stereocenters. The Morgan fingerprint density at radius 1 is 1.22 bits per heavy atom. The number of nitrogens with one attached hydrogen (secondary N) is 2. The van der Waals surface area contributed by atoms with Gasteiger partial charge in [0, 0.05) is 23.1 Å². The van der Waals surface area contributed by atoms with E-state index in [2.05, 4.69) is 10.3 Å². The monoisotopic (exact) mass is 336 g/mol. The van der Waals surface area contributed by atoms with Crippen molar-refractivity contribution in [2.75, 3.05) is 13.2 Å². The Kier molecular flexibility index (Phi) is 4.95. The average molecular weight is 336 g/mol. The predicted octanol–water partition coefficient (Wildman–Crippen LogP) is 3.33. The quantitative estimate of drug-likeness (QED) is 0.709. The number of hydrogen-bond acceptors (Lipinski definition) is 2. The van der Waals surface area contributed by atoms with Gasteiger partial charge in [0.25, 0.3) is 5.92 Å². The number of rotatable bonds is 6. The number of alkyl halides is 5. The number of aromatic nitrogens is 1. The summed E-state index contributed by atoms with van der Waals surface area (Å²) in [6.45, 7) is -0.207. The van der Waals surface area contributed by atoms with Gasteiger partial charge in [0.1, 0.15) is 6.61 Å². The molecule has 0 aliphatic heterocycles. The Bertz CT molecular complexity index is 665. The van der Waals surface area contributed by atoms with E-state index in [1.165, 1.54) is 6.07 Å². The van der Waals surface area contributed by atoms with E-state index in [4.69, 9.17) is 5.11 Å². The van der Waals surface area contributed by atoms with Gasteiger partial charge in [-0.2, -0.15) is 13.2 Å². The molecule has 1 aromatic heterocycles. The van der Waals surface area contributed by atoms with Crippen molar-refractivity contribution in [1.82, 2.24) is 10.3 Å². The van der Waals surface area contributed by atoms with E-state index in [1.54, 1.807) is 13.1 Å². The molecule has 1 aromatic carbocycles. The largest absolute Gasteiger partial charge is 0.416 e. The maximum atomic E-state index is 13.0. The molecule has 0 aliphatic rings. The number of aliphatic hydroxyl groups is 1. The molecule has 0 saturated carbocycles. The minimum absolute atomic E-state index is 0.325. The molecular weight excluding hydrogens is 319 g/mol. The van der Waals surface area contributed by atoms with Crippen LogP contribution < -0.4 is 5.32 Å². The smallest absolute Gasteiger partial charge is 0.390 e. The molecule has 0 spiro atoms. The van der Waals surface area contributed by atoms with Crippen molar-refractivity contribution in [3.8, 4) is 0 Å². The van der Waals surface area contributed by atoms with Crippen LogP contribution >= 0.6 is 0 Å². The number of benzene rings is 1. The van der Waals surface area contributed by atoms with Crippen LogP contribution in [-0.4, -0.2) is 35.2 Å². The van der Waals surface area contributed by atoms with E-state index in [9.17, 15) is 22.0 Å². The Balaban J connectivity index is 2.09. The topological polar surface area (TPSA) is 48.0 Å². The predicted molar refractivity (Wildman–Crippen MR) is 76.5 cm³/mol. The maximum Gasteiger partial charge on any atom is 0.416 e. The van der Waals surface area contributed by atoms with Crippen LogP contribution in [-0.2, 0) is 12.6 Å². The second-order valence-electron chi connectivity index (χ2n) is 5.57. The molecule has 0 amide bonds. The van der Waals surface area contributed by atoms with Crippen LogP contribution in [0.4, 0.5) is 22.0 Å². The van der Waals surface area contributed by atoms with Crippen LogP contribution in [0.2, 0.25) is 0 Å². The normalized spacial score (nSPS) is 14.4. The number of halogens is 5. The number of aromatic amines is 1. The van der Waals surface area contributed by atoms with Gasteiger partial charge in [-0.1, -0.05) is 6.07 Å². The molecule has 2 rings (SSSR count). The van der Waals surface area contributed by atoms with Crippen molar-refractivity contribution in [2.45, 2.75) is 31.5 Å². The number of fused-ring (bicyclic) bond motifs is 1. The summed E-state index contributed by atoms with van der Waals surface area (Å²) in [5.41, 5.74) is 0.343. The summed E-state index contributed by atoms with van der Waals surface area (Å²) in [5.74, 6) is -3.20. The zero-order valence-corrected chi connectivity index (χ0v) is 12.3. The van der Waals surface area contributed by atoms with Gasteiger partial charge in [0.15, 0.2) is 0 Å². The first-order chi connectivity index (χ1) is 10.6. The van der Waals surface area contributed by atoms with Gasteiger partial charge in [0.05, 0.1) is 12.1 Å². The summed E-state index contributed by atoms with van der Waals surface area (Å²) < 4.78 is 63.9. The van der Waals surface area contributed by atoms with E-state index in [-0.39, 0.29) is 6.04 Å². The fourth-order valence-corrected chi connectivity index (χ4v) is 2.31. The molecule has 8 heteroatoms. The highest BCUT2D eigenvalue weighted by Crippen LogP contribution is 2.32. The third kappa shape index (κ3) is 4.42. The maximum absolute atomic E-state index is 13.0. The van der Waals surface area contributed by atoms with Gasteiger partial charge in [-0.15, -0.1) is 0 Å². The van der Waals surface area contributed by atoms with E-state index in [1.807, 2.05) is 0 Å². The Morgan fingerprint density at radius 3 is 2.52 bits per heavy atom. The van der Waals surface area contributed by atoms with Crippen LogP contribution in [0.25, 0.3) is 10.9 Å². The van der Waals surface area contributed by atoms with Crippen LogP contribution in [0, 0.1) is 0 Å². The van der Waals surface area contributed by atoms with Crippen LogP contribution in [0.15, 0.2) is 24.4 Å². The lowest BCUT2D eigenvalue weighted by atomic mass is 10.0. The fourth-order valence-electron chi connectivity index (χ4n) is 2.31. The lowest BCUT2D eigenvalue weighted by molar-refractivity contribution is -0.137. The molecule has 0 radical (unpaired) electrons. The summed E-state index contributed by atoms with van der Waals surface area (Å²) in [5, 5.41) is 11.7. The van der Waals surface area contributed by atoms with E-state index in [0.717, 1.165) is 17.7 Å². The highest BCUT2D eigenvalue weighted by Gasteiger charge is 2.31. The van der Waals surface area contributed by atoms with Crippen molar-refractivity contribution in [3.63, 3.8) is 0 Å². The number of hydrogen-bond donors (Lipinski definition) is 3. The molecule has 2 aromatic rings. The number of aliphatic hydroxyl groups excluding tert-OH is 1. The summed E-state index contributed by atoms with van der Waals surface area (Å²) in [6, 6.07) is 3.07. The van der Waals surface area contributed by atoms with E-state index < -0.39 is 30.8 Å². The van der Waals surface area contributed by atoms with Gasteiger partial charge in [-0.3, -0.25) is 0 Å². The third-order valence-corrected chi connectivity index (χ3v) is 3.56. The highest BCUT2D eigenvalue weighted by atomic mass is 19.4. The summed E-state index contributed by atoms with van der Waals surface area (Å²) >= 11 is 0.